The minimum Gasteiger partial charge on any atom is -0.318 e. The van der Waals surface area contributed by atoms with Crippen LogP contribution in [-0.4, -0.2) is 36.3 Å². The molecule has 11 heteroatoms. The minimum atomic E-state index is -3.82. The maximum atomic E-state index is 13.2. The topological polar surface area (TPSA) is 71.7 Å². The van der Waals surface area contributed by atoms with Crippen molar-refractivity contribution in [2.75, 3.05) is 13.1 Å². The number of hydrogen-bond acceptors (Lipinski definition) is 4. The number of aryl methyl sites for hydroxylation is 1. The second kappa shape index (κ2) is 8.63. The standard InChI is InChI=1S/C20H18Cl2FN3O3S2/c1-25-18-16(9-8-15(21)17(18)22)30-20(25)24-19(27)12-3-2-10-26(11-12)31(28,29)14-6-4-13(23)5-7-14/h4-9,12H,2-3,10-11H2,1H3. The van der Waals surface area contributed by atoms with Gasteiger partial charge in [-0.3, -0.25) is 4.79 Å². The summed E-state index contributed by atoms with van der Waals surface area (Å²) in [5.41, 5.74) is 0.690. The van der Waals surface area contributed by atoms with Gasteiger partial charge in [-0.1, -0.05) is 34.5 Å². The Morgan fingerprint density at radius 2 is 1.90 bits per heavy atom. The van der Waals surface area contributed by atoms with Gasteiger partial charge in [-0.25, -0.2) is 12.8 Å². The number of sulfonamides is 1. The maximum Gasteiger partial charge on any atom is 0.252 e. The molecule has 1 atom stereocenters. The van der Waals surface area contributed by atoms with Crippen molar-refractivity contribution in [3.63, 3.8) is 0 Å². The largest absolute Gasteiger partial charge is 0.318 e. The molecule has 2 heterocycles. The van der Waals surface area contributed by atoms with Crippen molar-refractivity contribution in [3.8, 4) is 0 Å². The lowest BCUT2D eigenvalue weighted by Gasteiger charge is -2.30. The van der Waals surface area contributed by atoms with Crippen molar-refractivity contribution in [1.82, 2.24) is 8.87 Å². The maximum absolute atomic E-state index is 13.2. The predicted octanol–water partition coefficient (Wildman–Crippen LogP) is 4.21. The number of hydrogen-bond donors (Lipinski definition) is 0. The van der Waals surface area contributed by atoms with Crippen LogP contribution in [0.25, 0.3) is 10.2 Å². The number of rotatable bonds is 3. The lowest BCUT2D eigenvalue weighted by molar-refractivity contribution is -0.122. The van der Waals surface area contributed by atoms with E-state index < -0.39 is 21.8 Å². The van der Waals surface area contributed by atoms with E-state index in [1.165, 1.54) is 27.8 Å². The molecule has 164 valence electrons. The highest BCUT2D eigenvalue weighted by Gasteiger charge is 2.33. The van der Waals surface area contributed by atoms with Gasteiger partial charge in [0.25, 0.3) is 5.91 Å². The number of carbonyl (C=O) groups is 1. The average molecular weight is 502 g/mol. The highest BCUT2D eigenvalue weighted by Crippen LogP contribution is 2.31. The number of halogens is 3. The molecule has 1 unspecified atom stereocenters. The van der Waals surface area contributed by atoms with E-state index in [0.29, 0.717) is 39.7 Å². The van der Waals surface area contributed by atoms with E-state index in [2.05, 4.69) is 4.99 Å². The van der Waals surface area contributed by atoms with Crippen LogP contribution in [0, 0.1) is 11.7 Å². The third-order valence-corrected chi connectivity index (χ3v) is 9.02. The van der Waals surface area contributed by atoms with E-state index in [0.717, 1.165) is 16.8 Å². The molecular formula is C20H18Cl2FN3O3S2. The molecule has 0 radical (unpaired) electrons. The minimum absolute atomic E-state index is 0.00126. The van der Waals surface area contributed by atoms with Crippen molar-refractivity contribution in [2.24, 2.45) is 18.0 Å². The van der Waals surface area contributed by atoms with Crippen LogP contribution in [0.3, 0.4) is 0 Å². The summed E-state index contributed by atoms with van der Waals surface area (Å²) in [5, 5.41) is 0.801. The van der Waals surface area contributed by atoms with E-state index >= 15 is 0 Å². The first-order valence-electron chi connectivity index (χ1n) is 9.46. The fraction of sp³-hybridized carbons (Fsp3) is 0.300. The van der Waals surface area contributed by atoms with Gasteiger partial charge in [0.2, 0.25) is 10.0 Å². The third kappa shape index (κ3) is 4.29. The van der Waals surface area contributed by atoms with Crippen LogP contribution in [0.2, 0.25) is 10.0 Å². The van der Waals surface area contributed by atoms with Gasteiger partial charge in [-0.05, 0) is 49.2 Å². The molecule has 1 aliphatic rings. The molecular weight excluding hydrogens is 484 g/mol. The van der Waals surface area contributed by atoms with E-state index in [1.54, 1.807) is 17.7 Å². The molecule has 0 aliphatic carbocycles. The van der Waals surface area contributed by atoms with Gasteiger partial charge in [0.1, 0.15) is 5.82 Å². The van der Waals surface area contributed by atoms with Crippen LogP contribution in [0.5, 0.6) is 0 Å². The number of nitrogens with zero attached hydrogens (tertiary/aromatic N) is 3. The first-order valence-corrected chi connectivity index (χ1v) is 12.5. The van der Waals surface area contributed by atoms with E-state index in [-0.39, 0.29) is 17.3 Å². The fourth-order valence-corrected chi connectivity index (χ4v) is 6.64. The van der Waals surface area contributed by atoms with E-state index in [9.17, 15) is 17.6 Å². The molecule has 2 aromatic carbocycles. The summed E-state index contributed by atoms with van der Waals surface area (Å²) in [5.74, 6) is -1.46. The summed E-state index contributed by atoms with van der Waals surface area (Å²) >= 11 is 13.7. The lowest BCUT2D eigenvalue weighted by atomic mass is 9.99. The quantitative estimate of drug-likeness (QED) is 0.539. The normalized spacial score (nSPS) is 18.6. The van der Waals surface area contributed by atoms with Crippen molar-refractivity contribution in [2.45, 2.75) is 17.7 Å². The Hall–Kier alpha value is -1.78. The monoisotopic (exact) mass is 501 g/mol. The predicted molar refractivity (Wildman–Crippen MR) is 119 cm³/mol. The number of aromatic nitrogens is 1. The molecule has 0 N–H and O–H groups in total. The first-order chi connectivity index (χ1) is 14.7. The molecule has 1 aromatic heterocycles. The van der Waals surface area contributed by atoms with Gasteiger partial charge < -0.3 is 4.57 Å². The van der Waals surface area contributed by atoms with Crippen molar-refractivity contribution >= 4 is 60.7 Å². The number of benzene rings is 2. The Bertz CT molecular complexity index is 1330. The second-order valence-corrected chi connectivity index (χ2v) is 11.0. The average Bonchev–Trinajstić information content (AvgIpc) is 3.07. The molecule has 0 spiro atoms. The van der Waals surface area contributed by atoms with Crippen molar-refractivity contribution < 1.29 is 17.6 Å². The van der Waals surface area contributed by atoms with Crippen LogP contribution in [-0.2, 0) is 21.9 Å². The van der Waals surface area contributed by atoms with Gasteiger partial charge in [0, 0.05) is 20.1 Å². The summed E-state index contributed by atoms with van der Waals surface area (Å²) in [6.07, 6.45) is 1.07. The summed E-state index contributed by atoms with van der Waals surface area (Å²) in [7, 11) is -2.07. The van der Waals surface area contributed by atoms with Gasteiger partial charge in [0.15, 0.2) is 4.80 Å². The van der Waals surface area contributed by atoms with Gasteiger partial charge in [-0.2, -0.15) is 9.30 Å². The Labute approximate surface area is 192 Å². The number of piperidine rings is 1. The van der Waals surface area contributed by atoms with Crippen LogP contribution in [0.1, 0.15) is 12.8 Å². The zero-order chi connectivity index (χ0) is 22.3. The molecule has 0 saturated carbocycles. The summed E-state index contributed by atoms with van der Waals surface area (Å²) in [6, 6.07) is 8.17. The van der Waals surface area contributed by atoms with Gasteiger partial charge in [0.05, 0.1) is 31.1 Å². The second-order valence-electron chi connectivity index (χ2n) is 7.26. The molecule has 6 nitrogen and oxygen atoms in total. The molecule has 3 aromatic rings. The fourth-order valence-electron chi connectivity index (χ4n) is 3.58. The SMILES string of the molecule is Cn1c(=NC(=O)C2CCCN(S(=O)(=O)c3ccc(F)cc3)C2)sc2ccc(Cl)c(Cl)c21. The Balaban J connectivity index is 1.61. The number of thiazole rings is 1. The van der Waals surface area contributed by atoms with E-state index in [1.807, 2.05) is 6.07 Å². The molecule has 1 saturated heterocycles. The number of carbonyl (C=O) groups excluding carboxylic acids is 1. The van der Waals surface area contributed by atoms with Crippen LogP contribution in [0.4, 0.5) is 4.39 Å². The van der Waals surface area contributed by atoms with Crippen LogP contribution >= 0.6 is 34.5 Å². The van der Waals surface area contributed by atoms with Crippen LogP contribution in [0.15, 0.2) is 46.3 Å². The van der Waals surface area contributed by atoms with Gasteiger partial charge in [-0.15, -0.1) is 0 Å². The number of amides is 1. The molecule has 31 heavy (non-hydrogen) atoms. The summed E-state index contributed by atoms with van der Waals surface area (Å²) in [6.45, 7) is 0.331. The summed E-state index contributed by atoms with van der Waals surface area (Å²) in [4.78, 5) is 17.6. The first kappa shape index (κ1) is 22.4. The lowest BCUT2D eigenvalue weighted by Crippen LogP contribution is -2.42. The zero-order valence-electron chi connectivity index (χ0n) is 16.4. The third-order valence-electron chi connectivity index (χ3n) is 5.25. The van der Waals surface area contributed by atoms with Gasteiger partial charge >= 0.3 is 0 Å². The smallest absolute Gasteiger partial charge is 0.252 e. The number of fused-ring (bicyclic) bond motifs is 1. The highest BCUT2D eigenvalue weighted by molar-refractivity contribution is 7.89. The van der Waals surface area contributed by atoms with Crippen molar-refractivity contribution in [1.29, 1.82) is 0 Å². The Morgan fingerprint density at radius 3 is 2.61 bits per heavy atom. The molecule has 0 bridgehead atoms. The Morgan fingerprint density at radius 1 is 1.19 bits per heavy atom. The Kier molecular flexibility index (Phi) is 6.24. The zero-order valence-corrected chi connectivity index (χ0v) is 19.5. The highest BCUT2D eigenvalue weighted by atomic mass is 35.5. The molecule has 1 fully saturated rings. The summed E-state index contributed by atoms with van der Waals surface area (Å²) < 4.78 is 42.8. The van der Waals surface area contributed by atoms with Crippen molar-refractivity contribution in [3.05, 3.63) is 57.1 Å². The molecule has 4 rings (SSSR count). The molecule has 1 aliphatic heterocycles. The van der Waals surface area contributed by atoms with E-state index in [4.69, 9.17) is 23.2 Å². The molecule has 1 amide bonds. The van der Waals surface area contributed by atoms with Crippen LogP contribution < -0.4 is 4.80 Å².